The van der Waals surface area contributed by atoms with Crippen LogP contribution in [0.5, 0.6) is 0 Å². The molecule has 0 unspecified atom stereocenters. The molecule has 1 aliphatic rings. The van der Waals surface area contributed by atoms with Crippen LogP contribution in [0.1, 0.15) is 5.56 Å². The normalized spacial score (nSPS) is 17.3. The zero-order valence-corrected chi connectivity index (χ0v) is 7.69. The molecule has 1 heterocycles. The number of nitro groups is 1. The van der Waals surface area contributed by atoms with E-state index < -0.39 is 14.8 Å². The van der Waals surface area contributed by atoms with Crippen LogP contribution in [0, 0.1) is 10.1 Å². The highest BCUT2D eigenvalue weighted by Crippen LogP contribution is 2.32. The lowest BCUT2D eigenvalue weighted by Gasteiger charge is -1.95. The summed E-state index contributed by atoms with van der Waals surface area (Å²) in [6, 6.07) is 5.89. The van der Waals surface area contributed by atoms with E-state index in [1.54, 1.807) is 6.07 Å². The molecule has 0 atom stereocenters. The van der Waals surface area contributed by atoms with Crippen molar-refractivity contribution in [3.8, 4) is 0 Å². The SMILES string of the molecule is O=[N+]([O-])C1=CS(=O)(=O)c2ccccc21. The third kappa shape index (κ3) is 1.12. The third-order valence-corrected chi connectivity index (χ3v) is 3.44. The van der Waals surface area contributed by atoms with E-state index in [1.807, 2.05) is 0 Å². The second-order valence-electron chi connectivity index (χ2n) is 2.80. The largest absolute Gasteiger partial charge is 0.289 e. The number of sulfone groups is 1. The Kier molecular flexibility index (Phi) is 1.68. The van der Waals surface area contributed by atoms with Crippen LogP contribution in [-0.2, 0) is 9.84 Å². The van der Waals surface area contributed by atoms with Gasteiger partial charge in [0.05, 0.1) is 15.4 Å². The maximum atomic E-state index is 11.4. The first-order chi connectivity index (χ1) is 6.52. The summed E-state index contributed by atoms with van der Waals surface area (Å²) in [6.07, 6.45) is 0. The number of benzene rings is 1. The Bertz CT molecular complexity index is 544. The highest BCUT2D eigenvalue weighted by Gasteiger charge is 2.33. The van der Waals surface area contributed by atoms with Gasteiger partial charge in [0, 0.05) is 0 Å². The van der Waals surface area contributed by atoms with Crippen molar-refractivity contribution < 1.29 is 13.3 Å². The molecule has 2 rings (SSSR count). The summed E-state index contributed by atoms with van der Waals surface area (Å²) < 4.78 is 22.8. The summed E-state index contributed by atoms with van der Waals surface area (Å²) >= 11 is 0. The molecule has 0 radical (unpaired) electrons. The van der Waals surface area contributed by atoms with Gasteiger partial charge in [-0.2, -0.15) is 0 Å². The van der Waals surface area contributed by atoms with Gasteiger partial charge >= 0.3 is 0 Å². The number of hydrogen-bond donors (Lipinski definition) is 0. The molecular formula is C8H5NO4S. The molecule has 0 bridgehead atoms. The number of fused-ring (bicyclic) bond motifs is 1. The molecule has 14 heavy (non-hydrogen) atoms. The fourth-order valence-electron chi connectivity index (χ4n) is 1.34. The van der Waals surface area contributed by atoms with Crippen LogP contribution in [-0.4, -0.2) is 13.3 Å². The van der Waals surface area contributed by atoms with E-state index in [0.29, 0.717) is 5.41 Å². The van der Waals surface area contributed by atoms with Crippen LogP contribution in [0.25, 0.3) is 5.70 Å². The van der Waals surface area contributed by atoms with Gasteiger partial charge in [0.1, 0.15) is 5.41 Å². The number of rotatable bonds is 1. The van der Waals surface area contributed by atoms with Crippen molar-refractivity contribution in [2.45, 2.75) is 4.90 Å². The minimum Gasteiger partial charge on any atom is -0.258 e. The van der Waals surface area contributed by atoms with E-state index in [1.165, 1.54) is 18.2 Å². The van der Waals surface area contributed by atoms with Gasteiger partial charge in [-0.3, -0.25) is 10.1 Å². The molecule has 1 aromatic carbocycles. The second kappa shape index (κ2) is 2.65. The summed E-state index contributed by atoms with van der Waals surface area (Å²) in [5.74, 6) is 0. The standard InChI is InChI=1S/C8H5NO4S/c10-9(11)7-5-14(12,13)8-4-2-1-3-6(7)8/h1-5H. The molecule has 0 aliphatic carbocycles. The molecular weight excluding hydrogens is 206 g/mol. The highest BCUT2D eigenvalue weighted by atomic mass is 32.2. The maximum Gasteiger partial charge on any atom is 0.289 e. The van der Waals surface area contributed by atoms with E-state index in [2.05, 4.69) is 0 Å². The molecule has 6 heteroatoms. The Balaban J connectivity index is 2.79. The smallest absolute Gasteiger partial charge is 0.258 e. The molecule has 1 aliphatic heterocycles. The van der Waals surface area contributed by atoms with Gasteiger partial charge in [0.25, 0.3) is 5.70 Å². The van der Waals surface area contributed by atoms with Crippen LogP contribution < -0.4 is 0 Å². The van der Waals surface area contributed by atoms with Crippen molar-refractivity contribution in [1.82, 2.24) is 0 Å². The molecule has 0 aromatic heterocycles. The van der Waals surface area contributed by atoms with Crippen molar-refractivity contribution in [2.75, 3.05) is 0 Å². The van der Waals surface area contributed by atoms with Gasteiger partial charge in [-0.05, 0) is 12.1 Å². The quantitative estimate of drug-likeness (QED) is 0.513. The molecule has 0 amide bonds. The van der Waals surface area contributed by atoms with Crippen LogP contribution in [0.3, 0.4) is 0 Å². The minimum absolute atomic E-state index is 0.00620. The number of hydrogen-bond acceptors (Lipinski definition) is 4. The molecule has 0 saturated heterocycles. The fourth-order valence-corrected chi connectivity index (χ4v) is 2.72. The molecule has 0 fully saturated rings. The molecule has 5 nitrogen and oxygen atoms in total. The summed E-state index contributed by atoms with van der Waals surface area (Å²) in [7, 11) is -3.60. The summed E-state index contributed by atoms with van der Waals surface area (Å²) in [5, 5.41) is 11.2. The summed E-state index contributed by atoms with van der Waals surface area (Å²) in [5.41, 5.74) is -0.196. The molecule has 0 spiro atoms. The Labute approximate surface area is 79.7 Å². The average molecular weight is 211 g/mol. The first-order valence-corrected chi connectivity index (χ1v) is 5.27. The first kappa shape index (κ1) is 8.89. The number of nitrogens with zero attached hydrogens (tertiary/aromatic N) is 1. The van der Waals surface area contributed by atoms with Crippen molar-refractivity contribution in [1.29, 1.82) is 0 Å². The first-order valence-electron chi connectivity index (χ1n) is 3.73. The van der Waals surface area contributed by atoms with E-state index in [-0.39, 0.29) is 16.2 Å². The predicted molar refractivity (Wildman–Crippen MR) is 48.6 cm³/mol. The van der Waals surface area contributed by atoms with Gasteiger partial charge in [-0.25, -0.2) is 8.42 Å². The lowest BCUT2D eigenvalue weighted by molar-refractivity contribution is -0.375. The van der Waals surface area contributed by atoms with Crippen LogP contribution >= 0.6 is 0 Å². The highest BCUT2D eigenvalue weighted by molar-refractivity contribution is 7.94. The van der Waals surface area contributed by atoms with Crippen LogP contribution in [0.4, 0.5) is 0 Å². The molecule has 72 valence electrons. The van der Waals surface area contributed by atoms with Gasteiger partial charge in [0.15, 0.2) is 0 Å². The fraction of sp³-hybridized carbons (Fsp3) is 0. The zero-order valence-electron chi connectivity index (χ0n) is 6.88. The minimum atomic E-state index is -3.60. The van der Waals surface area contributed by atoms with E-state index in [9.17, 15) is 18.5 Å². The van der Waals surface area contributed by atoms with Crippen molar-refractivity contribution in [2.24, 2.45) is 0 Å². The summed E-state index contributed by atoms with van der Waals surface area (Å²) in [6.45, 7) is 0. The van der Waals surface area contributed by atoms with E-state index >= 15 is 0 Å². The van der Waals surface area contributed by atoms with Crippen LogP contribution in [0.2, 0.25) is 0 Å². The van der Waals surface area contributed by atoms with Gasteiger partial charge in [0.2, 0.25) is 9.84 Å². The third-order valence-electron chi connectivity index (χ3n) is 1.93. The maximum absolute atomic E-state index is 11.4. The van der Waals surface area contributed by atoms with Crippen molar-refractivity contribution >= 4 is 15.5 Å². The van der Waals surface area contributed by atoms with E-state index in [4.69, 9.17) is 0 Å². The van der Waals surface area contributed by atoms with Gasteiger partial charge in [-0.1, -0.05) is 12.1 Å². The van der Waals surface area contributed by atoms with Crippen molar-refractivity contribution in [3.05, 3.63) is 45.4 Å². The van der Waals surface area contributed by atoms with Crippen molar-refractivity contribution in [3.63, 3.8) is 0 Å². The van der Waals surface area contributed by atoms with E-state index in [0.717, 1.165) is 0 Å². The van der Waals surface area contributed by atoms with Gasteiger partial charge < -0.3 is 0 Å². The monoisotopic (exact) mass is 211 g/mol. The Hall–Kier alpha value is -1.69. The Morgan fingerprint density at radius 3 is 2.50 bits per heavy atom. The molecule has 0 saturated carbocycles. The van der Waals surface area contributed by atoms with Crippen LogP contribution in [0.15, 0.2) is 34.6 Å². The predicted octanol–water partition coefficient (Wildman–Crippen LogP) is 1.05. The average Bonchev–Trinajstić information content (AvgIpc) is 2.40. The molecule has 0 N–H and O–H groups in total. The second-order valence-corrected chi connectivity index (χ2v) is 4.57. The lowest BCUT2D eigenvalue weighted by Crippen LogP contribution is -1.95. The lowest BCUT2D eigenvalue weighted by atomic mass is 10.2. The zero-order chi connectivity index (χ0) is 10.3. The summed E-state index contributed by atoms with van der Waals surface area (Å²) in [4.78, 5) is 9.84. The Morgan fingerprint density at radius 2 is 1.86 bits per heavy atom. The topological polar surface area (TPSA) is 77.3 Å². The Morgan fingerprint density at radius 1 is 1.21 bits per heavy atom. The molecule has 1 aromatic rings. The van der Waals surface area contributed by atoms with Gasteiger partial charge in [-0.15, -0.1) is 0 Å².